The molecule has 0 unspecified atom stereocenters. The van der Waals surface area contributed by atoms with Crippen molar-refractivity contribution in [1.29, 1.82) is 0 Å². The second kappa shape index (κ2) is 16.4. The summed E-state index contributed by atoms with van der Waals surface area (Å²) in [7, 11) is 0. The summed E-state index contributed by atoms with van der Waals surface area (Å²) >= 11 is 0. The number of carbonyl (C=O) groups is 4. The highest BCUT2D eigenvalue weighted by atomic mass is 16.6. The number of carbonyl (C=O) groups excluding carboxylic acids is 4. The number of rotatable bonds is 13. The van der Waals surface area contributed by atoms with Crippen molar-refractivity contribution in [2.45, 2.75) is 85.7 Å². The van der Waals surface area contributed by atoms with Crippen LogP contribution in [0.3, 0.4) is 0 Å². The van der Waals surface area contributed by atoms with Gasteiger partial charge in [-0.3, -0.25) is 0 Å². The molecule has 0 atom stereocenters. The quantitative estimate of drug-likeness (QED) is 0.139. The molecule has 0 amide bonds. The van der Waals surface area contributed by atoms with Gasteiger partial charge in [-0.2, -0.15) is 0 Å². The Morgan fingerprint density at radius 1 is 0.510 bits per heavy atom. The van der Waals surface area contributed by atoms with Gasteiger partial charge in [-0.05, 0) is 109 Å². The zero-order chi connectivity index (χ0) is 36.4. The van der Waals surface area contributed by atoms with Crippen molar-refractivity contribution < 1.29 is 52.3 Å². The first-order valence-electron chi connectivity index (χ1n) is 15.8. The fourth-order valence-electron chi connectivity index (χ4n) is 4.22. The standard InChI is InChI=1S/C38H46O11/c1-36(2,3)47-32(39)22-43-29-16-26(15-28(19-29)35(42)46-21-25-13-11-10-12-14-25)27-17-30(44-23-33(40)48-37(4,5)6)20-31(18-27)45-24-34(41)49-38(7,8)9/h10-20H,21-24H2,1-9H3. The van der Waals surface area contributed by atoms with Gasteiger partial charge in [0.25, 0.3) is 0 Å². The molecule has 0 spiro atoms. The minimum atomic E-state index is -0.718. The van der Waals surface area contributed by atoms with Crippen LogP contribution in [0.2, 0.25) is 0 Å². The van der Waals surface area contributed by atoms with Gasteiger partial charge in [0.05, 0.1) is 5.56 Å². The van der Waals surface area contributed by atoms with Crippen molar-refractivity contribution >= 4 is 23.9 Å². The van der Waals surface area contributed by atoms with E-state index in [0.29, 0.717) is 11.1 Å². The molecule has 0 saturated carbocycles. The lowest BCUT2D eigenvalue weighted by Crippen LogP contribution is -2.27. The molecule has 11 heteroatoms. The Morgan fingerprint density at radius 2 is 0.898 bits per heavy atom. The molecule has 0 heterocycles. The molecule has 0 fully saturated rings. The molecule has 0 N–H and O–H groups in total. The van der Waals surface area contributed by atoms with Crippen molar-refractivity contribution in [1.82, 2.24) is 0 Å². The van der Waals surface area contributed by atoms with Crippen LogP contribution < -0.4 is 14.2 Å². The smallest absolute Gasteiger partial charge is 0.344 e. The summed E-state index contributed by atoms with van der Waals surface area (Å²) in [6, 6.07) is 18.6. The normalized spacial score (nSPS) is 11.6. The Bertz CT molecular complexity index is 1560. The molecule has 0 bridgehead atoms. The third-order valence-electron chi connectivity index (χ3n) is 5.90. The first-order chi connectivity index (χ1) is 22.7. The minimum absolute atomic E-state index is 0.0364. The van der Waals surface area contributed by atoms with E-state index in [1.807, 2.05) is 30.3 Å². The van der Waals surface area contributed by atoms with E-state index in [4.69, 9.17) is 33.2 Å². The van der Waals surface area contributed by atoms with E-state index in [2.05, 4.69) is 0 Å². The topological polar surface area (TPSA) is 133 Å². The van der Waals surface area contributed by atoms with E-state index in [1.165, 1.54) is 12.1 Å². The van der Waals surface area contributed by atoms with Crippen LogP contribution in [0, 0.1) is 0 Å². The van der Waals surface area contributed by atoms with Crippen molar-refractivity contribution in [3.05, 3.63) is 77.9 Å². The average molecular weight is 679 g/mol. The lowest BCUT2D eigenvalue weighted by molar-refractivity contribution is -0.158. The van der Waals surface area contributed by atoms with Crippen LogP contribution >= 0.6 is 0 Å². The van der Waals surface area contributed by atoms with E-state index in [1.54, 1.807) is 86.6 Å². The zero-order valence-electron chi connectivity index (χ0n) is 29.7. The van der Waals surface area contributed by atoms with Crippen LogP contribution in [-0.2, 0) is 39.9 Å². The number of hydrogen-bond acceptors (Lipinski definition) is 11. The molecule has 0 radical (unpaired) electrons. The molecule has 0 saturated heterocycles. The summed E-state index contributed by atoms with van der Waals surface area (Å²) in [6.45, 7) is 14.5. The van der Waals surface area contributed by atoms with Crippen LogP contribution in [0.4, 0.5) is 0 Å². The fourth-order valence-corrected chi connectivity index (χ4v) is 4.22. The maximum absolute atomic E-state index is 13.3. The number of hydrogen-bond donors (Lipinski definition) is 0. The monoisotopic (exact) mass is 678 g/mol. The van der Waals surface area contributed by atoms with Gasteiger partial charge in [-0.1, -0.05) is 30.3 Å². The van der Waals surface area contributed by atoms with E-state index in [0.717, 1.165) is 5.56 Å². The number of esters is 4. The van der Waals surface area contributed by atoms with Gasteiger partial charge >= 0.3 is 23.9 Å². The zero-order valence-corrected chi connectivity index (χ0v) is 29.7. The van der Waals surface area contributed by atoms with E-state index in [9.17, 15) is 19.2 Å². The summed E-state index contributed by atoms with van der Waals surface area (Å²) in [5.41, 5.74) is -0.271. The summed E-state index contributed by atoms with van der Waals surface area (Å²) in [5.74, 6) is -1.78. The van der Waals surface area contributed by atoms with Crippen LogP contribution in [0.25, 0.3) is 11.1 Å². The van der Waals surface area contributed by atoms with Crippen molar-refractivity contribution in [2.75, 3.05) is 19.8 Å². The molecule has 3 aromatic rings. The Morgan fingerprint density at radius 3 is 1.31 bits per heavy atom. The van der Waals surface area contributed by atoms with Crippen molar-refractivity contribution in [2.24, 2.45) is 0 Å². The Hall–Kier alpha value is -5.06. The van der Waals surface area contributed by atoms with Gasteiger partial charge in [0.15, 0.2) is 19.8 Å². The van der Waals surface area contributed by atoms with E-state index < -0.39 is 60.5 Å². The molecule has 3 aromatic carbocycles. The van der Waals surface area contributed by atoms with E-state index in [-0.39, 0.29) is 29.4 Å². The highest BCUT2D eigenvalue weighted by Crippen LogP contribution is 2.33. The first-order valence-corrected chi connectivity index (χ1v) is 15.8. The van der Waals surface area contributed by atoms with Gasteiger partial charge in [-0.15, -0.1) is 0 Å². The molecule has 0 aliphatic heterocycles. The summed E-state index contributed by atoms with van der Waals surface area (Å²) in [5, 5.41) is 0. The van der Waals surface area contributed by atoms with Crippen LogP contribution in [0.5, 0.6) is 17.2 Å². The molecule has 11 nitrogen and oxygen atoms in total. The highest BCUT2D eigenvalue weighted by Gasteiger charge is 2.21. The largest absolute Gasteiger partial charge is 0.482 e. The van der Waals surface area contributed by atoms with Gasteiger partial charge in [-0.25, -0.2) is 19.2 Å². The Labute approximate surface area is 287 Å². The Balaban J connectivity index is 1.99. The maximum Gasteiger partial charge on any atom is 0.344 e. The summed E-state index contributed by atoms with van der Waals surface area (Å²) in [6.07, 6.45) is 0. The fraction of sp³-hybridized carbons (Fsp3) is 0.421. The molecular formula is C38H46O11. The predicted octanol–water partition coefficient (Wildman–Crippen LogP) is 6.87. The van der Waals surface area contributed by atoms with Crippen LogP contribution in [0.1, 0.15) is 78.2 Å². The predicted molar refractivity (Wildman–Crippen MR) is 181 cm³/mol. The molecule has 0 aliphatic rings. The molecule has 3 rings (SSSR count). The molecule has 0 aliphatic carbocycles. The van der Waals surface area contributed by atoms with Gasteiger partial charge < -0.3 is 33.2 Å². The number of ether oxygens (including phenoxy) is 7. The first kappa shape index (κ1) is 38.4. The average Bonchev–Trinajstić information content (AvgIpc) is 2.98. The van der Waals surface area contributed by atoms with Gasteiger partial charge in [0, 0.05) is 6.07 Å². The SMILES string of the molecule is CC(C)(C)OC(=O)COc1cc(OCC(=O)OC(C)(C)C)cc(-c2cc(OCC(=O)OC(C)(C)C)cc(C(=O)OCc3ccccc3)c2)c1. The highest BCUT2D eigenvalue weighted by molar-refractivity contribution is 5.92. The Kier molecular flexibility index (Phi) is 12.8. The molecular weight excluding hydrogens is 632 g/mol. The molecule has 49 heavy (non-hydrogen) atoms. The van der Waals surface area contributed by atoms with Crippen molar-refractivity contribution in [3.8, 4) is 28.4 Å². The van der Waals surface area contributed by atoms with Crippen molar-refractivity contribution in [3.63, 3.8) is 0 Å². The second-order valence-electron chi connectivity index (χ2n) is 14.1. The molecule has 264 valence electrons. The summed E-state index contributed by atoms with van der Waals surface area (Å²) < 4.78 is 39.0. The number of benzene rings is 3. The maximum atomic E-state index is 13.3. The molecule has 0 aromatic heterocycles. The second-order valence-corrected chi connectivity index (χ2v) is 14.1. The van der Waals surface area contributed by atoms with Crippen LogP contribution in [-0.4, -0.2) is 60.5 Å². The van der Waals surface area contributed by atoms with E-state index >= 15 is 0 Å². The van der Waals surface area contributed by atoms with Crippen LogP contribution in [0.15, 0.2) is 66.7 Å². The lowest BCUT2D eigenvalue weighted by Gasteiger charge is -2.20. The third-order valence-corrected chi connectivity index (χ3v) is 5.90. The lowest BCUT2D eigenvalue weighted by atomic mass is 10.0. The summed E-state index contributed by atoms with van der Waals surface area (Å²) in [4.78, 5) is 50.5. The third kappa shape index (κ3) is 14.7. The van der Waals surface area contributed by atoms with Gasteiger partial charge in [0.2, 0.25) is 0 Å². The van der Waals surface area contributed by atoms with Gasteiger partial charge in [0.1, 0.15) is 40.7 Å². The minimum Gasteiger partial charge on any atom is -0.482 e.